The summed E-state index contributed by atoms with van der Waals surface area (Å²) < 4.78 is 36.1. The van der Waals surface area contributed by atoms with Gasteiger partial charge in [-0.15, -0.1) is 0 Å². The number of hydrogen-bond donors (Lipinski definition) is 1. The van der Waals surface area contributed by atoms with E-state index >= 15 is 0 Å². The third kappa shape index (κ3) is 5.97. The van der Waals surface area contributed by atoms with E-state index in [-0.39, 0.29) is 16.2 Å². The number of fused-ring (bicyclic) bond motifs is 1. The van der Waals surface area contributed by atoms with Gasteiger partial charge in [-0.2, -0.15) is 4.31 Å². The van der Waals surface area contributed by atoms with Crippen molar-refractivity contribution in [1.29, 1.82) is 0 Å². The molecule has 1 N–H and O–H groups in total. The second-order valence-corrected chi connectivity index (χ2v) is 14.2. The van der Waals surface area contributed by atoms with Crippen LogP contribution in [0.15, 0.2) is 95.1 Å². The number of rotatable bonds is 6. The van der Waals surface area contributed by atoms with Crippen LogP contribution >= 0.6 is 0 Å². The molecule has 0 saturated carbocycles. The highest BCUT2D eigenvalue weighted by Gasteiger charge is 2.54. The number of hydrogen-bond acceptors (Lipinski definition) is 5. The Morgan fingerprint density at radius 2 is 1.49 bits per heavy atom. The quantitative estimate of drug-likeness (QED) is 0.335. The maximum Gasteiger partial charge on any atom is 0.338 e. The zero-order valence-electron chi connectivity index (χ0n) is 24.4. The summed E-state index contributed by atoms with van der Waals surface area (Å²) in [4.78, 5) is 13.8. The summed E-state index contributed by atoms with van der Waals surface area (Å²) in [6.07, 6.45) is 1.27. The molecule has 6 nitrogen and oxygen atoms in total. The Bertz CT molecular complexity index is 1540. The topological polar surface area (TPSA) is 83.9 Å². The molecule has 0 amide bonds. The Labute approximate surface area is 243 Å². The largest absolute Gasteiger partial charge is 0.511 e. The van der Waals surface area contributed by atoms with Crippen LogP contribution in [0, 0.1) is 19.8 Å². The maximum atomic E-state index is 14.3. The summed E-state index contributed by atoms with van der Waals surface area (Å²) in [7, 11) is -3.91. The van der Waals surface area contributed by atoms with Gasteiger partial charge < -0.3 is 9.84 Å². The molecule has 1 heterocycles. The first kappa shape index (κ1) is 29.1. The fourth-order valence-electron chi connectivity index (χ4n) is 6.25. The molecule has 1 fully saturated rings. The number of aliphatic hydroxyl groups is 1. The Hall–Kier alpha value is -3.42. The lowest BCUT2D eigenvalue weighted by Gasteiger charge is -2.38. The number of carbonyl (C=O) groups is 1. The third-order valence-electron chi connectivity index (χ3n) is 8.14. The molecule has 5 rings (SSSR count). The number of carbonyl (C=O) groups excluding carboxylic acids is 1. The summed E-state index contributed by atoms with van der Waals surface area (Å²) in [5.41, 5.74) is 3.40. The lowest BCUT2D eigenvalue weighted by molar-refractivity contribution is -0.150. The summed E-state index contributed by atoms with van der Waals surface area (Å²) in [6, 6.07) is 23.7. The van der Waals surface area contributed by atoms with Crippen LogP contribution in [0.4, 0.5) is 0 Å². The number of aliphatic hydroxyl groups excluding tert-OH is 1. The van der Waals surface area contributed by atoms with Gasteiger partial charge in [-0.25, -0.2) is 13.2 Å². The zero-order valence-corrected chi connectivity index (χ0v) is 25.2. The lowest BCUT2D eigenvalue weighted by Crippen LogP contribution is -2.46. The highest BCUT2D eigenvalue weighted by atomic mass is 32.2. The molecule has 4 atom stereocenters. The highest BCUT2D eigenvalue weighted by molar-refractivity contribution is 7.89. The second kappa shape index (κ2) is 11.1. The van der Waals surface area contributed by atoms with Crippen molar-refractivity contribution in [1.82, 2.24) is 4.31 Å². The lowest BCUT2D eigenvalue weighted by atomic mass is 9.74. The summed E-state index contributed by atoms with van der Waals surface area (Å²) >= 11 is 0. The van der Waals surface area contributed by atoms with Crippen molar-refractivity contribution in [2.45, 2.75) is 82.4 Å². The Morgan fingerprint density at radius 3 is 2.07 bits per heavy atom. The van der Waals surface area contributed by atoms with Crippen molar-refractivity contribution in [3.63, 3.8) is 0 Å². The fourth-order valence-corrected chi connectivity index (χ4v) is 8.12. The van der Waals surface area contributed by atoms with Crippen LogP contribution in [0.25, 0.3) is 0 Å². The van der Waals surface area contributed by atoms with E-state index in [0.29, 0.717) is 19.3 Å². The van der Waals surface area contributed by atoms with Gasteiger partial charge in [0.1, 0.15) is 11.4 Å². The molecule has 3 aromatic carbocycles. The van der Waals surface area contributed by atoms with Gasteiger partial charge in [0.05, 0.1) is 10.5 Å². The molecule has 41 heavy (non-hydrogen) atoms. The van der Waals surface area contributed by atoms with E-state index in [1.807, 2.05) is 68.4 Å². The van der Waals surface area contributed by atoms with E-state index in [9.17, 15) is 18.3 Å². The normalized spacial score (nSPS) is 23.3. The molecule has 1 saturated heterocycles. The van der Waals surface area contributed by atoms with Crippen molar-refractivity contribution in [3.8, 4) is 0 Å². The van der Waals surface area contributed by atoms with Gasteiger partial charge >= 0.3 is 5.97 Å². The zero-order chi connectivity index (χ0) is 29.5. The van der Waals surface area contributed by atoms with Gasteiger partial charge in [-0.1, -0.05) is 77.9 Å². The molecule has 1 aliphatic heterocycles. The summed E-state index contributed by atoms with van der Waals surface area (Å²) in [6.45, 7) is 9.32. The smallest absolute Gasteiger partial charge is 0.338 e. The van der Waals surface area contributed by atoms with Gasteiger partial charge in [-0.05, 0) is 77.1 Å². The van der Waals surface area contributed by atoms with E-state index in [2.05, 4.69) is 0 Å². The molecule has 0 aromatic heterocycles. The van der Waals surface area contributed by atoms with Crippen molar-refractivity contribution in [3.05, 3.63) is 112 Å². The van der Waals surface area contributed by atoms with Crippen LogP contribution in [0.5, 0.6) is 0 Å². The van der Waals surface area contributed by atoms with Gasteiger partial charge in [0.2, 0.25) is 10.0 Å². The van der Waals surface area contributed by atoms with Crippen molar-refractivity contribution < 1.29 is 23.1 Å². The molecule has 0 unspecified atom stereocenters. The monoisotopic (exact) mass is 573 g/mol. The average molecular weight is 574 g/mol. The van der Waals surface area contributed by atoms with Crippen LogP contribution < -0.4 is 0 Å². The van der Waals surface area contributed by atoms with Crippen molar-refractivity contribution in [2.75, 3.05) is 0 Å². The molecule has 2 aliphatic rings. The number of ether oxygens (including phenoxy) is 1. The van der Waals surface area contributed by atoms with Gasteiger partial charge in [0, 0.05) is 23.9 Å². The van der Waals surface area contributed by atoms with Crippen molar-refractivity contribution in [2.24, 2.45) is 5.92 Å². The first-order valence-corrected chi connectivity index (χ1v) is 15.7. The minimum atomic E-state index is -3.91. The summed E-state index contributed by atoms with van der Waals surface area (Å²) in [5, 5.41) is 11.8. The SMILES string of the molecule is Cc1ccc([C@@H]2C[C@H]3[C@H](C[C@H](Cc4ccccc4)N3S(=O)(=O)c3ccc(C)cc3)C(O)=C2C(=O)OC(C)(C)C)cc1. The van der Waals surface area contributed by atoms with Crippen LogP contribution in [0.1, 0.15) is 61.8 Å². The average Bonchev–Trinajstić information content (AvgIpc) is 3.28. The van der Waals surface area contributed by atoms with E-state index in [4.69, 9.17) is 4.74 Å². The van der Waals surface area contributed by atoms with E-state index < -0.39 is 45.5 Å². The predicted molar refractivity (Wildman–Crippen MR) is 160 cm³/mol. The van der Waals surface area contributed by atoms with E-state index in [1.54, 1.807) is 49.3 Å². The molecule has 0 radical (unpaired) electrons. The number of aryl methyl sites for hydroxylation is 2. The van der Waals surface area contributed by atoms with Crippen LogP contribution in [-0.4, -0.2) is 41.5 Å². The minimum Gasteiger partial charge on any atom is -0.511 e. The second-order valence-electron chi connectivity index (χ2n) is 12.4. The minimum absolute atomic E-state index is 0.0549. The molecule has 0 spiro atoms. The Balaban J connectivity index is 1.64. The first-order chi connectivity index (χ1) is 19.3. The molecular formula is C34H39NO5S. The Morgan fingerprint density at radius 1 is 0.902 bits per heavy atom. The Kier molecular flexibility index (Phi) is 7.88. The third-order valence-corrected chi connectivity index (χ3v) is 10.1. The van der Waals surface area contributed by atoms with Crippen LogP contribution in [0.3, 0.4) is 0 Å². The van der Waals surface area contributed by atoms with Crippen LogP contribution in [-0.2, 0) is 26.0 Å². The molecule has 3 aromatic rings. The van der Waals surface area contributed by atoms with Crippen molar-refractivity contribution >= 4 is 16.0 Å². The first-order valence-electron chi connectivity index (χ1n) is 14.2. The number of nitrogens with zero attached hydrogens (tertiary/aromatic N) is 1. The maximum absolute atomic E-state index is 14.3. The van der Waals surface area contributed by atoms with Crippen LogP contribution in [0.2, 0.25) is 0 Å². The van der Waals surface area contributed by atoms with Gasteiger partial charge in [0.25, 0.3) is 0 Å². The molecule has 0 bridgehead atoms. The highest BCUT2D eigenvalue weighted by Crippen LogP contribution is 2.50. The molecule has 1 aliphatic carbocycles. The number of esters is 1. The standard InChI is InChI=1S/C34H39NO5S/c1-22-11-15-25(16-12-22)28-21-30-29(32(36)31(28)33(37)40-34(3,4)5)20-26(19-24-9-7-6-8-10-24)35(30)41(38,39)27-17-13-23(2)14-18-27/h6-18,26,28-30,36H,19-21H2,1-5H3/t26-,28-,29-,30-/m0/s1. The molecule has 216 valence electrons. The fraction of sp³-hybridized carbons (Fsp3) is 0.382. The van der Waals surface area contributed by atoms with Gasteiger partial charge in [0.15, 0.2) is 0 Å². The molecule has 7 heteroatoms. The van der Waals surface area contributed by atoms with Gasteiger partial charge in [-0.3, -0.25) is 0 Å². The van der Waals surface area contributed by atoms with E-state index in [1.165, 1.54) is 0 Å². The number of benzene rings is 3. The summed E-state index contributed by atoms with van der Waals surface area (Å²) in [5.74, 6) is -1.65. The molecular weight excluding hydrogens is 534 g/mol. The number of sulfonamides is 1. The predicted octanol–water partition coefficient (Wildman–Crippen LogP) is 6.64. The van der Waals surface area contributed by atoms with E-state index in [0.717, 1.165) is 22.3 Å².